The largest absolute Gasteiger partial charge is 0.399 e. The molecule has 0 fully saturated rings. The average Bonchev–Trinajstić information content (AvgIpc) is 2.90. The molecule has 1 aromatic heterocycles. The van der Waals surface area contributed by atoms with Crippen LogP contribution >= 0.6 is 22.9 Å². The molecule has 0 spiro atoms. The number of thiazole rings is 1. The maximum absolute atomic E-state index is 6.18. The molecule has 0 saturated heterocycles. The number of nitrogen functional groups attached to an aromatic ring is 1. The third-order valence-electron chi connectivity index (χ3n) is 3.03. The molecule has 0 saturated carbocycles. The molecule has 0 radical (unpaired) electrons. The van der Waals surface area contributed by atoms with Gasteiger partial charge in [-0.25, -0.2) is 4.98 Å². The van der Waals surface area contributed by atoms with Crippen molar-refractivity contribution in [1.82, 2.24) is 4.98 Å². The van der Waals surface area contributed by atoms with Crippen molar-refractivity contribution in [3.8, 4) is 11.3 Å². The zero-order valence-electron chi connectivity index (χ0n) is 10.7. The van der Waals surface area contributed by atoms with Crippen LogP contribution in [0.1, 0.15) is 10.6 Å². The maximum Gasteiger partial charge on any atom is 0.0977 e. The normalized spacial score (nSPS) is 10.7. The van der Waals surface area contributed by atoms with Gasteiger partial charge in [0.2, 0.25) is 0 Å². The van der Waals surface area contributed by atoms with Gasteiger partial charge in [-0.2, -0.15) is 0 Å². The van der Waals surface area contributed by atoms with Crippen molar-refractivity contribution in [2.24, 2.45) is 0 Å². The molecular weight excluding hydrogens is 288 g/mol. The molecule has 20 heavy (non-hydrogen) atoms. The van der Waals surface area contributed by atoms with Gasteiger partial charge in [0.15, 0.2) is 0 Å². The summed E-state index contributed by atoms with van der Waals surface area (Å²) in [5.41, 5.74) is 9.67. The summed E-state index contributed by atoms with van der Waals surface area (Å²) in [5.74, 6) is 0. The van der Waals surface area contributed by atoms with E-state index in [4.69, 9.17) is 17.3 Å². The molecule has 2 nitrogen and oxygen atoms in total. The van der Waals surface area contributed by atoms with E-state index in [0.717, 1.165) is 39.0 Å². The molecule has 0 aliphatic heterocycles. The summed E-state index contributed by atoms with van der Waals surface area (Å²) in [6.45, 7) is 0. The number of nitrogens with zero attached hydrogens (tertiary/aromatic N) is 1. The van der Waals surface area contributed by atoms with Gasteiger partial charge < -0.3 is 5.73 Å². The fourth-order valence-corrected chi connectivity index (χ4v) is 3.06. The summed E-state index contributed by atoms with van der Waals surface area (Å²) in [7, 11) is 0. The zero-order valence-corrected chi connectivity index (χ0v) is 12.3. The maximum atomic E-state index is 6.18. The second-order valence-electron chi connectivity index (χ2n) is 4.52. The lowest BCUT2D eigenvalue weighted by Crippen LogP contribution is -1.89. The third-order valence-corrected chi connectivity index (χ3v) is 4.25. The van der Waals surface area contributed by atoms with Crippen molar-refractivity contribution in [2.75, 3.05) is 5.73 Å². The Morgan fingerprint density at radius 2 is 1.95 bits per heavy atom. The molecule has 2 N–H and O–H groups in total. The highest BCUT2D eigenvalue weighted by molar-refractivity contribution is 7.10. The fourth-order valence-electron chi connectivity index (χ4n) is 2.03. The molecule has 2 aromatic carbocycles. The molecule has 1 heterocycles. The van der Waals surface area contributed by atoms with E-state index in [2.05, 4.69) is 10.4 Å². The van der Waals surface area contributed by atoms with Crippen LogP contribution < -0.4 is 5.73 Å². The highest BCUT2D eigenvalue weighted by Gasteiger charge is 2.07. The van der Waals surface area contributed by atoms with E-state index in [1.807, 2.05) is 48.5 Å². The summed E-state index contributed by atoms with van der Waals surface area (Å²) in [5, 5.41) is 3.89. The molecule has 0 aliphatic rings. The summed E-state index contributed by atoms with van der Waals surface area (Å²) in [6.07, 6.45) is 0.757. The van der Waals surface area contributed by atoms with Gasteiger partial charge in [0.25, 0.3) is 0 Å². The molecule has 3 rings (SSSR count). The number of hydrogen-bond donors (Lipinski definition) is 1. The van der Waals surface area contributed by atoms with E-state index in [1.54, 1.807) is 11.3 Å². The number of benzene rings is 2. The molecule has 0 aliphatic carbocycles. The Kier molecular flexibility index (Phi) is 3.72. The minimum atomic E-state index is 0.753. The first kappa shape index (κ1) is 13.2. The Balaban J connectivity index is 1.86. The minimum absolute atomic E-state index is 0.753. The van der Waals surface area contributed by atoms with Crippen LogP contribution in [0, 0.1) is 0 Å². The lowest BCUT2D eigenvalue weighted by Gasteiger charge is -2.01. The highest BCUT2D eigenvalue weighted by Crippen LogP contribution is 2.26. The molecule has 100 valence electrons. The molecular formula is C16H13ClN2S. The molecule has 4 heteroatoms. The summed E-state index contributed by atoms with van der Waals surface area (Å²) in [6, 6.07) is 15.6. The highest BCUT2D eigenvalue weighted by atomic mass is 35.5. The van der Waals surface area contributed by atoms with Crippen LogP contribution in [0.25, 0.3) is 11.3 Å². The topological polar surface area (TPSA) is 38.9 Å². The van der Waals surface area contributed by atoms with Crippen LogP contribution in [-0.4, -0.2) is 4.98 Å². The first-order valence-electron chi connectivity index (χ1n) is 6.26. The molecule has 0 atom stereocenters. The van der Waals surface area contributed by atoms with Crippen molar-refractivity contribution in [3.05, 3.63) is 69.5 Å². The SMILES string of the molecule is Nc1cccc(-c2csc(Cc3ccccc3Cl)n2)c1. The van der Waals surface area contributed by atoms with E-state index >= 15 is 0 Å². The van der Waals surface area contributed by atoms with Crippen molar-refractivity contribution >= 4 is 28.6 Å². The van der Waals surface area contributed by atoms with Gasteiger partial charge in [0.1, 0.15) is 0 Å². The van der Waals surface area contributed by atoms with Gasteiger partial charge in [-0.3, -0.25) is 0 Å². The fraction of sp³-hybridized carbons (Fsp3) is 0.0625. The molecule has 0 bridgehead atoms. The monoisotopic (exact) mass is 300 g/mol. The van der Waals surface area contributed by atoms with Crippen LogP contribution in [-0.2, 0) is 6.42 Å². The summed E-state index contributed by atoms with van der Waals surface area (Å²) >= 11 is 7.82. The minimum Gasteiger partial charge on any atom is -0.399 e. The van der Waals surface area contributed by atoms with E-state index in [9.17, 15) is 0 Å². The van der Waals surface area contributed by atoms with Crippen LogP contribution in [0.4, 0.5) is 5.69 Å². The van der Waals surface area contributed by atoms with Crippen LogP contribution in [0.3, 0.4) is 0 Å². The summed E-state index contributed by atoms with van der Waals surface area (Å²) < 4.78 is 0. The van der Waals surface area contributed by atoms with Gasteiger partial charge in [0, 0.05) is 28.1 Å². The molecule has 3 aromatic rings. The predicted molar refractivity (Wildman–Crippen MR) is 86.2 cm³/mol. The van der Waals surface area contributed by atoms with Gasteiger partial charge in [-0.05, 0) is 23.8 Å². The first-order chi connectivity index (χ1) is 9.72. The second kappa shape index (κ2) is 5.65. The van der Waals surface area contributed by atoms with Gasteiger partial charge in [-0.1, -0.05) is 41.9 Å². The number of anilines is 1. The number of rotatable bonds is 3. The Morgan fingerprint density at radius 3 is 2.75 bits per heavy atom. The van der Waals surface area contributed by atoms with E-state index in [0.29, 0.717) is 0 Å². The average molecular weight is 301 g/mol. The lowest BCUT2D eigenvalue weighted by molar-refractivity contribution is 1.14. The quantitative estimate of drug-likeness (QED) is 0.716. The van der Waals surface area contributed by atoms with Crippen molar-refractivity contribution in [3.63, 3.8) is 0 Å². The standard InChI is InChI=1S/C16H13ClN2S/c17-14-7-2-1-4-11(14)9-16-19-15(10-20-16)12-5-3-6-13(18)8-12/h1-8,10H,9,18H2. The van der Waals surface area contributed by atoms with Gasteiger partial charge in [-0.15, -0.1) is 11.3 Å². The van der Waals surface area contributed by atoms with Crippen molar-refractivity contribution in [1.29, 1.82) is 0 Å². The predicted octanol–water partition coefficient (Wildman–Crippen LogP) is 4.64. The van der Waals surface area contributed by atoms with E-state index in [-0.39, 0.29) is 0 Å². The Hall–Kier alpha value is -1.84. The first-order valence-corrected chi connectivity index (χ1v) is 7.52. The third kappa shape index (κ3) is 2.84. The second-order valence-corrected chi connectivity index (χ2v) is 5.87. The molecule has 0 unspecified atom stereocenters. The van der Waals surface area contributed by atoms with Crippen LogP contribution in [0.5, 0.6) is 0 Å². The lowest BCUT2D eigenvalue weighted by atomic mass is 10.1. The van der Waals surface area contributed by atoms with Crippen LogP contribution in [0.2, 0.25) is 5.02 Å². The number of halogens is 1. The van der Waals surface area contributed by atoms with Crippen molar-refractivity contribution < 1.29 is 0 Å². The number of nitrogens with two attached hydrogens (primary N) is 1. The molecule has 0 amide bonds. The number of hydrogen-bond acceptors (Lipinski definition) is 3. The van der Waals surface area contributed by atoms with Crippen molar-refractivity contribution in [2.45, 2.75) is 6.42 Å². The van der Waals surface area contributed by atoms with Crippen LogP contribution in [0.15, 0.2) is 53.9 Å². The summed E-state index contributed by atoms with van der Waals surface area (Å²) in [4.78, 5) is 4.66. The van der Waals surface area contributed by atoms with E-state index in [1.165, 1.54) is 0 Å². The Morgan fingerprint density at radius 1 is 1.10 bits per heavy atom. The van der Waals surface area contributed by atoms with Gasteiger partial charge >= 0.3 is 0 Å². The smallest absolute Gasteiger partial charge is 0.0977 e. The van der Waals surface area contributed by atoms with E-state index < -0.39 is 0 Å². The van der Waals surface area contributed by atoms with Gasteiger partial charge in [0.05, 0.1) is 10.7 Å². The zero-order chi connectivity index (χ0) is 13.9. The Bertz CT molecular complexity index is 737. The Labute approximate surface area is 126 Å². The number of aromatic nitrogens is 1.